The minimum absolute atomic E-state index is 0.106. The third-order valence-corrected chi connectivity index (χ3v) is 4.46. The van der Waals surface area contributed by atoms with E-state index in [-0.39, 0.29) is 5.91 Å². The van der Waals surface area contributed by atoms with E-state index in [2.05, 4.69) is 21.2 Å². The lowest BCUT2D eigenvalue weighted by atomic mass is 10.3. The maximum Gasteiger partial charge on any atom is 0.263 e. The van der Waals surface area contributed by atoms with Gasteiger partial charge in [-0.3, -0.25) is 4.79 Å². The molecule has 1 amide bonds. The summed E-state index contributed by atoms with van der Waals surface area (Å²) in [6.45, 7) is 3.72. The fourth-order valence-electron chi connectivity index (χ4n) is 1.35. The van der Waals surface area contributed by atoms with Gasteiger partial charge in [-0.2, -0.15) is 0 Å². The van der Waals surface area contributed by atoms with E-state index in [4.69, 9.17) is 0 Å². The number of carbonyl (C=O) groups excluding carboxylic acids is 1. The van der Waals surface area contributed by atoms with E-state index in [1.807, 2.05) is 27.1 Å². The third-order valence-electron chi connectivity index (χ3n) is 2.33. The molecule has 0 atom stereocenters. The highest BCUT2D eigenvalue weighted by atomic mass is 79.9. The van der Waals surface area contributed by atoms with Gasteiger partial charge in [-0.15, -0.1) is 11.3 Å². The molecule has 0 aromatic carbocycles. The highest BCUT2D eigenvalue weighted by molar-refractivity contribution is 9.11. The zero-order valence-electron chi connectivity index (χ0n) is 9.84. The second-order valence-corrected chi connectivity index (χ2v) is 6.12. The van der Waals surface area contributed by atoms with E-state index in [9.17, 15) is 4.79 Å². The standard InChI is InChI=1S/C11H17BrN2OS/c1-8-7-9(16-10(8)12)11(15)14(3)6-4-5-13-2/h7,13H,4-6H2,1-3H3. The maximum atomic E-state index is 12.0. The fraction of sp³-hybridized carbons (Fsp3) is 0.545. The normalized spacial score (nSPS) is 10.5. The average Bonchev–Trinajstić information content (AvgIpc) is 2.58. The highest BCUT2D eigenvalue weighted by Crippen LogP contribution is 2.27. The van der Waals surface area contributed by atoms with Crippen molar-refractivity contribution in [1.29, 1.82) is 0 Å². The Bertz CT molecular complexity index is 345. The van der Waals surface area contributed by atoms with E-state index in [1.165, 1.54) is 11.3 Å². The average molecular weight is 305 g/mol. The summed E-state index contributed by atoms with van der Waals surface area (Å²) in [5, 5.41) is 3.07. The number of rotatable bonds is 5. The number of thiophene rings is 1. The molecule has 16 heavy (non-hydrogen) atoms. The van der Waals surface area contributed by atoms with Gasteiger partial charge in [0.05, 0.1) is 8.66 Å². The van der Waals surface area contributed by atoms with Crippen LogP contribution in [0, 0.1) is 6.92 Å². The molecular formula is C11H17BrN2OS. The van der Waals surface area contributed by atoms with Crippen molar-refractivity contribution in [2.75, 3.05) is 27.2 Å². The summed E-state index contributed by atoms with van der Waals surface area (Å²) >= 11 is 4.93. The predicted molar refractivity (Wildman–Crippen MR) is 72.3 cm³/mol. The molecule has 3 nitrogen and oxygen atoms in total. The van der Waals surface area contributed by atoms with Gasteiger partial charge < -0.3 is 10.2 Å². The molecule has 0 fully saturated rings. The topological polar surface area (TPSA) is 32.3 Å². The Morgan fingerprint density at radius 3 is 2.81 bits per heavy atom. The van der Waals surface area contributed by atoms with Crippen LogP contribution in [-0.4, -0.2) is 38.0 Å². The minimum atomic E-state index is 0.106. The first-order valence-electron chi connectivity index (χ1n) is 5.22. The maximum absolute atomic E-state index is 12.0. The van der Waals surface area contributed by atoms with Crippen LogP contribution in [0.3, 0.4) is 0 Å². The summed E-state index contributed by atoms with van der Waals surface area (Å²) in [5.41, 5.74) is 1.12. The zero-order valence-corrected chi connectivity index (χ0v) is 12.2. The molecule has 1 rings (SSSR count). The molecule has 0 aliphatic carbocycles. The summed E-state index contributed by atoms with van der Waals surface area (Å²) in [4.78, 5) is 14.6. The Balaban J connectivity index is 2.56. The van der Waals surface area contributed by atoms with Crippen LogP contribution in [0.5, 0.6) is 0 Å². The van der Waals surface area contributed by atoms with Crippen molar-refractivity contribution >= 4 is 33.2 Å². The minimum Gasteiger partial charge on any atom is -0.341 e. The van der Waals surface area contributed by atoms with Crippen LogP contribution in [0.15, 0.2) is 9.85 Å². The Kier molecular flexibility index (Phi) is 5.44. The van der Waals surface area contributed by atoms with Gasteiger partial charge in [-0.25, -0.2) is 0 Å². The van der Waals surface area contributed by atoms with Gasteiger partial charge in [-0.05, 0) is 54.5 Å². The van der Waals surface area contributed by atoms with E-state index in [1.54, 1.807) is 4.90 Å². The molecule has 0 radical (unpaired) electrons. The molecular weight excluding hydrogens is 288 g/mol. The number of hydrogen-bond donors (Lipinski definition) is 1. The van der Waals surface area contributed by atoms with Gasteiger partial charge in [0.1, 0.15) is 0 Å². The molecule has 1 heterocycles. The van der Waals surface area contributed by atoms with Crippen LogP contribution in [0.4, 0.5) is 0 Å². The van der Waals surface area contributed by atoms with Crippen LogP contribution in [0.25, 0.3) is 0 Å². The number of halogens is 1. The van der Waals surface area contributed by atoms with Crippen molar-refractivity contribution in [3.05, 3.63) is 20.3 Å². The van der Waals surface area contributed by atoms with Crippen molar-refractivity contribution in [2.24, 2.45) is 0 Å². The SMILES string of the molecule is CNCCCN(C)C(=O)c1cc(C)c(Br)s1. The molecule has 1 N–H and O–H groups in total. The van der Waals surface area contributed by atoms with Crippen LogP contribution >= 0.6 is 27.3 Å². The van der Waals surface area contributed by atoms with Crippen LogP contribution in [-0.2, 0) is 0 Å². The van der Waals surface area contributed by atoms with Gasteiger partial charge >= 0.3 is 0 Å². The van der Waals surface area contributed by atoms with Crippen LogP contribution < -0.4 is 5.32 Å². The molecule has 0 saturated carbocycles. The van der Waals surface area contributed by atoms with Crippen molar-refractivity contribution < 1.29 is 4.79 Å². The molecule has 0 unspecified atom stereocenters. The van der Waals surface area contributed by atoms with Crippen molar-refractivity contribution in [1.82, 2.24) is 10.2 Å². The summed E-state index contributed by atoms with van der Waals surface area (Å²) in [7, 11) is 3.77. The summed E-state index contributed by atoms with van der Waals surface area (Å²) in [6, 6.07) is 1.94. The predicted octanol–water partition coefficient (Wildman–Crippen LogP) is 2.50. The van der Waals surface area contributed by atoms with E-state index in [0.717, 1.165) is 33.7 Å². The number of carbonyl (C=O) groups is 1. The third kappa shape index (κ3) is 3.57. The number of hydrogen-bond acceptors (Lipinski definition) is 3. The number of nitrogens with one attached hydrogen (secondary N) is 1. The smallest absolute Gasteiger partial charge is 0.263 e. The van der Waals surface area contributed by atoms with Crippen LogP contribution in [0.2, 0.25) is 0 Å². The molecule has 5 heteroatoms. The van der Waals surface area contributed by atoms with Crippen molar-refractivity contribution in [2.45, 2.75) is 13.3 Å². The lowest BCUT2D eigenvalue weighted by Crippen LogP contribution is -2.28. The van der Waals surface area contributed by atoms with Gasteiger partial charge in [0.25, 0.3) is 5.91 Å². The Hall–Kier alpha value is -0.390. The van der Waals surface area contributed by atoms with Crippen LogP contribution in [0.1, 0.15) is 21.7 Å². The molecule has 0 bridgehead atoms. The van der Waals surface area contributed by atoms with Gasteiger partial charge in [-0.1, -0.05) is 0 Å². The number of nitrogens with zero attached hydrogens (tertiary/aromatic N) is 1. The molecule has 0 spiro atoms. The monoisotopic (exact) mass is 304 g/mol. The molecule has 0 aliphatic heterocycles. The fourth-order valence-corrected chi connectivity index (χ4v) is 2.88. The van der Waals surface area contributed by atoms with E-state index in [0.29, 0.717) is 0 Å². The molecule has 90 valence electrons. The largest absolute Gasteiger partial charge is 0.341 e. The highest BCUT2D eigenvalue weighted by Gasteiger charge is 2.14. The van der Waals surface area contributed by atoms with Crippen molar-refractivity contribution in [3.8, 4) is 0 Å². The Morgan fingerprint density at radius 2 is 2.31 bits per heavy atom. The molecule has 0 saturated heterocycles. The molecule has 1 aromatic heterocycles. The second kappa shape index (κ2) is 6.37. The lowest BCUT2D eigenvalue weighted by Gasteiger charge is -2.15. The Morgan fingerprint density at radius 1 is 1.62 bits per heavy atom. The first kappa shape index (κ1) is 13.7. The summed E-state index contributed by atoms with van der Waals surface area (Å²) in [5.74, 6) is 0.106. The van der Waals surface area contributed by atoms with Gasteiger partial charge in [0, 0.05) is 13.6 Å². The van der Waals surface area contributed by atoms with Gasteiger partial charge in [0.15, 0.2) is 0 Å². The number of aryl methyl sites for hydroxylation is 1. The van der Waals surface area contributed by atoms with Crippen molar-refractivity contribution in [3.63, 3.8) is 0 Å². The first-order chi connectivity index (χ1) is 7.56. The molecule has 0 aliphatic rings. The summed E-state index contributed by atoms with van der Waals surface area (Å²) < 4.78 is 1.04. The lowest BCUT2D eigenvalue weighted by molar-refractivity contribution is 0.0798. The quantitative estimate of drug-likeness (QED) is 0.848. The number of amides is 1. The Labute approximate surface area is 109 Å². The van der Waals surface area contributed by atoms with E-state index >= 15 is 0 Å². The van der Waals surface area contributed by atoms with Gasteiger partial charge in [0.2, 0.25) is 0 Å². The zero-order chi connectivity index (χ0) is 12.1. The second-order valence-electron chi connectivity index (χ2n) is 3.75. The first-order valence-corrected chi connectivity index (χ1v) is 6.83. The molecule has 1 aromatic rings. The summed E-state index contributed by atoms with van der Waals surface area (Å²) in [6.07, 6.45) is 0.976. The van der Waals surface area contributed by atoms with E-state index < -0.39 is 0 Å².